The largest absolute Gasteiger partial charge is 0.497 e. The first-order valence-electron chi connectivity index (χ1n) is 7.36. The predicted molar refractivity (Wildman–Crippen MR) is 101 cm³/mol. The maximum atomic E-state index is 6.02. The number of ether oxygens (including phenoxy) is 1. The van der Waals surface area contributed by atoms with Crippen LogP contribution in [0.1, 0.15) is 38.5 Å². The molecule has 2 nitrogen and oxygen atoms in total. The summed E-state index contributed by atoms with van der Waals surface area (Å²) in [4.78, 5) is 1.01. The molecule has 1 aromatic rings. The van der Waals surface area contributed by atoms with Crippen molar-refractivity contribution in [2.75, 3.05) is 7.11 Å². The van der Waals surface area contributed by atoms with Gasteiger partial charge in [0.05, 0.1) is 16.8 Å². The summed E-state index contributed by atoms with van der Waals surface area (Å²) in [5.74, 6) is 0.872. The lowest BCUT2D eigenvalue weighted by molar-refractivity contribution is 0.415. The van der Waals surface area contributed by atoms with E-state index < -0.39 is 5.39 Å². The summed E-state index contributed by atoms with van der Waals surface area (Å²) in [7, 11) is 1.69. The number of hydrogen-bond donors (Lipinski definition) is 1. The molecule has 1 N–H and O–H groups in total. The maximum absolute atomic E-state index is 6.02. The van der Waals surface area contributed by atoms with Crippen LogP contribution >= 0.6 is 29.0 Å². The fourth-order valence-electron chi connectivity index (χ4n) is 3.06. The van der Waals surface area contributed by atoms with Crippen molar-refractivity contribution in [3.05, 3.63) is 24.3 Å². The van der Waals surface area contributed by atoms with Gasteiger partial charge in [-0.05, 0) is 37.1 Å². The predicted octanol–water partition coefficient (Wildman–Crippen LogP) is 4.39. The summed E-state index contributed by atoms with van der Waals surface area (Å²) in [6.07, 6.45) is 7.56. The van der Waals surface area contributed by atoms with Crippen molar-refractivity contribution in [2.45, 2.75) is 43.3 Å². The van der Waals surface area contributed by atoms with Gasteiger partial charge in [0.15, 0.2) is 0 Å². The van der Waals surface area contributed by atoms with Crippen molar-refractivity contribution >= 4 is 51.1 Å². The van der Waals surface area contributed by atoms with E-state index >= 15 is 0 Å². The highest BCUT2D eigenvalue weighted by Gasteiger charge is 2.48. The van der Waals surface area contributed by atoms with Crippen LogP contribution in [0.5, 0.6) is 5.75 Å². The van der Waals surface area contributed by atoms with E-state index in [0.29, 0.717) is 0 Å². The van der Waals surface area contributed by atoms with Crippen LogP contribution < -0.4 is 15.1 Å². The van der Waals surface area contributed by atoms with E-state index in [0.717, 1.165) is 10.7 Å². The summed E-state index contributed by atoms with van der Waals surface area (Å²) in [6.45, 7) is 0. The zero-order chi connectivity index (χ0) is 14.9. The zero-order valence-electron chi connectivity index (χ0n) is 12.1. The van der Waals surface area contributed by atoms with Gasteiger partial charge >= 0.3 is 0 Å². The summed E-state index contributed by atoms with van der Waals surface area (Å²) in [5.41, 5.74) is 0. The summed E-state index contributed by atoms with van der Waals surface area (Å²) in [6, 6.07) is 8.18. The highest BCUT2D eigenvalue weighted by molar-refractivity contribution is 8.74. The van der Waals surface area contributed by atoms with Crippen LogP contribution in [0.2, 0.25) is 0 Å². The van der Waals surface area contributed by atoms with Gasteiger partial charge in [-0.3, -0.25) is 0 Å². The lowest BCUT2D eigenvalue weighted by atomic mass is 9.99. The van der Waals surface area contributed by atoms with Crippen LogP contribution in [0.15, 0.2) is 24.3 Å². The second-order valence-electron chi connectivity index (χ2n) is 5.69. The first-order chi connectivity index (χ1) is 10.1. The SMILES string of the molecule is COc1ccc(P2(=S)NC(=S)C3(CCCCCC3)S2)cc1. The van der Waals surface area contributed by atoms with Gasteiger partial charge in [-0.1, -0.05) is 61.1 Å². The van der Waals surface area contributed by atoms with Crippen molar-refractivity contribution in [2.24, 2.45) is 0 Å². The van der Waals surface area contributed by atoms with Crippen molar-refractivity contribution in [1.82, 2.24) is 5.09 Å². The van der Waals surface area contributed by atoms with E-state index in [2.05, 4.69) is 17.2 Å². The van der Waals surface area contributed by atoms with Gasteiger partial charge in [-0.2, -0.15) is 0 Å². The van der Waals surface area contributed by atoms with Gasteiger partial charge in [0.25, 0.3) is 0 Å². The van der Waals surface area contributed by atoms with Crippen molar-refractivity contribution in [3.8, 4) is 5.75 Å². The van der Waals surface area contributed by atoms with Crippen LogP contribution in [0.3, 0.4) is 0 Å². The number of methoxy groups -OCH3 is 1. The Labute approximate surface area is 141 Å². The molecule has 1 aromatic carbocycles. The molecule has 1 atom stereocenters. The number of benzene rings is 1. The Balaban J connectivity index is 1.89. The summed E-state index contributed by atoms with van der Waals surface area (Å²) < 4.78 is 5.34. The lowest BCUT2D eigenvalue weighted by Gasteiger charge is -2.25. The van der Waals surface area contributed by atoms with Crippen LogP contribution in [-0.2, 0) is 11.8 Å². The number of nitrogens with one attached hydrogen (secondary N) is 1. The lowest BCUT2D eigenvalue weighted by Crippen LogP contribution is -2.34. The monoisotopic (exact) mass is 357 g/mol. The Morgan fingerprint density at radius 2 is 1.76 bits per heavy atom. The molecule has 0 bridgehead atoms. The molecule has 1 unspecified atom stereocenters. The topological polar surface area (TPSA) is 21.3 Å². The molecule has 21 heavy (non-hydrogen) atoms. The molecular formula is C15H20NOPS3. The van der Waals surface area contributed by atoms with Crippen LogP contribution in [-0.4, -0.2) is 16.8 Å². The minimum atomic E-state index is -1.86. The Morgan fingerprint density at radius 1 is 1.14 bits per heavy atom. The number of hydrogen-bond acceptors (Lipinski definition) is 4. The van der Waals surface area contributed by atoms with Crippen LogP contribution in [0, 0.1) is 0 Å². The Hall–Kier alpha value is -0.0900. The quantitative estimate of drug-likeness (QED) is 0.624. The molecule has 1 saturated heterocycles. The first kappa shape index (κ1) is 15.8. The molecule has 1 saturated carbocycles. The molecule has 2 fully saturated rings. The molecular weight excluding hydrogens is 337 g/mol. The van der Waals surface area contributed by atoms with Crippen LogP contribution in [0.4, 0.5) is 0 Å². The molecule has 1 heterocycles. The maximum Gasteiger partial charge on any atom is 0.118 e. The van der Waals surface area contributed by atoms with Gasteiger partial charge in [0, 0.05) is 5.30 Å². The molecule has 2 aliphatic rings. The number of thiocarbonyl (C=S) groups is 1. The molecule has 1 aliphatic carbocycles. The van der Waals surface area contributed by atoms with Gasteiger partial charge in [0.2, 0.25) is 0 Å². The summed E-state index contributed by atoms with van der Waals surface area (Å²) >= 11 is 13.7. The highest BCUT2D eigenvalue weighted by Crippen LogP contribution is 2.67. The fraction of sp³-hybridized carbons (Fsp3) is 0.533. The van der Waals surface area contributed by atoms with Crippen molar-refractivity contribution in [3.63, 3.8) is 0 Å². The molecule has 1 spiro atoms. The van der Waals surface area contributed by atoms with Crippen molar-refractivity contribution < 1.29 is 4.74 Å². The third-order valence-electron chi connectivity index (χ3n) is 4.29. The summed E-state index contributed by atoms with van der Waals surface area (Å²) in [5, 5.41) is 2.89. The first-order valence-corrected chi connectivity index (χ1v) is 12.0. The number of rotatable bonds is 2. The van der Waals surface area contributed by atoms with E-state index in [1.54, 1.807) is 7.11 Å². The molecule has 0 amide bonds. The molecule has 0 radical (unpaired) electrons. The minimum absolute atomic E-state index is 0.0985. The Kier molecular flexibility index (Phi) is 4.66. The third kappa shape index (κ3) is 3.03. The van der Waals surface area contributed by atoms with Crippen LogP contribution in [0.25, 0.3) is 0 Å². The van der Waals surface area contributed by atoms with E-state index in [-0.39, 0.29) is 4.75 Å². The van der Waals surface area contributed by atoms with Gasteiger partial charge in [-0.25, -0.2) is 0 Å². The van der Waals surface area contributed by atoms with E-state index in [9.17, 15) is 0 Å². The molecule has 114 valence electrons. The molecule has 3 rings (SSSR count). The minimum Gasteiger partial charge on any atom is -0.497 e. The second kappa shape index (κ2) is 6.19. The Bertz CT molecular complexity index is 579. The van der Waals surface area contributed by atoms with E-state index in [1.165, 1.54) is 43.8 Å². The fourth-order valence-corrected chi connectivity index (χ4v) is 12.1. The van der Waals surface area contributed by atoms with Gasteiger partial charge in [0.1, 0.15) is 11.1 Å². The van der Waals surface area contributed by atoms with Gasteiger partial charge in [-0.15, -0.1) is 0 Å². The van der Waals surface area contributed by atoms with Crippen molar-refractivity contribution in [1.29, 1.82) is 0 Å². The Morgan fingerprint density at radius 3 is 2.33 bits per heavy atom. The average Bonchev–Trinajstić information content (AvgIpc) is 2.65. The zero-order valence-corrected chi connectivity index (χ0v) is 15.5. The van der Waals surface area contributed by atoms with E-state index in [1.807, 2.05) is 23.5 Å². The normalized spacial score (nSPS) is 28.1. The highest BCUT2D eigenvalue weighted by atomic mass is 32.9. The van der Waals surface area contributed by atoms with E-state index in [4.69, 9.17) is 28.8 Å². The van der Waals surface area contributed by atoms with Gasteiger partial charge < -0.3 is 9.82 Å². The molecule has 1 aliphatic heterocycles. The standard InChI is InChI=1S/C15H20NOPS3/c1-17-12-6-8-13(9-7-12)18(20)16-14(19)15(21-18)10-4-2-3-5-11-15/h6-9H,2-5,10-11H2,1H3,(H,16,19,20). The third-order valence-corrected chi connectivity index (χ3v) is 12.1. The smallest absolute Gasteiger partial charge is 0.118 e. The molecule has 0 aromatic heterocycles. The average molecular weight is 358 g/mol. The second-order valence-corrected chi connectivity index (χ2v) is 13.4. The molecule has 6 heteroatoms.